The minimum absolute atomic E-state index is 0.0695. The quantitative estimate of drug-likeness (QED) is 0.286. The molecule has 0 radical (unpaired) electrons. The van der Waals surface area contributed by atoms with Crippen LogP contribution >= 0.6 is 11.6 Å². The van der Waals surface area contributed by atoms with E-state index in [1.807, 2.05) is 0 Å². The van der Waals surface area contributed by atoms with Gasteiger partial charge in [0.1, 0.15) is 11.8 Å². The zero-order valence-electron chi connectivity index (χ0n) is 16.9. The lowest BCUT2D eigenvalue weighted by Gasteiger charge is -2.26. The fourth-order valence-corrected chi connectivity index (χ4v) is 3.51. The maximum atomic E-state index is 13.1. The number of rotatable bonds is 7. The van der Waals surface area contributed by atoms with Crippen LogP contribution in [0.1, 0.15) is 18.9 Å². The summed E-state index contributed by atoms with van der Waals surface area (Å²) in [7, 11) is 0. The largest absolute Gasteiger partial charge is 0.427 e. The molecule has 0 aromatic heterocycles. The Labute approximate surface area is 184 Å². The van der Waals surface area contributed by atoms with E-state index in [-0.39, 0.29) is 25.3 Å². The van der Waals surface area contributed by atoms with Gasteiger partial charge in [0.2, 0.25) is 11.8 Å². The first-order chi connectivity index (χ1) is 14.8. The first-order valence-corrected chi connectivity index (χ1v) is 9.98. The van der Waals surface area contributed by atoms with E-state index in [1.165, 1.54) is 42.2 Å². The Hall–Kier alpha value is -3.45. The standard InChI is InChI=1S/C23H21ClN2O5/c1-3-12-25(21(28)13-16-4-6-17(24)7-5-16)20-14-22(29)26(23(20)30)18-8-10-19(11-9-18)31-15(2)27/h3-11,20H,1,12-14H2,2H3. The number of hydrogen-bond acceptors (Lipinski definition) is 5. The molecule has 1 aliphatic heterocycles. The van der Waals surface area contributed by atoms with Crippen LogP contribution in [0.5, 0.6) is 5.75 Å². The third kappa shape index (κ3) is 5.19. The van der Waals surface area contributed by atoms with Gasteiger partial charge in [-0.05, 0) is 42.0 Å². The van der Waals surface area contributed by atoms with Gasteiger partial charge in [-0.2, -0.15) is 0 Å². The van der Waals surface area contributed by atoms with Crippen LogP contribution in [0.3, 0.4) is 0 Å². The molecular weight excluding hydrogens is 420 g/mol. The molecule has 1 unspecified atom stereocenters. The Morgan fingerprint density at radius 1 is 1.16 bits per heavy atom. The van der Waals surface area contributed by atoms with Gasteiger partial charge >= 0.3 is 5.97 Å². The van der Waals surface area contributed by atoms with Crippen molar-refractivity contribution in [2.45, 2.75) is 25.8 Å². The minimum Gasteiger partial charge on any atom is -0.427 e. The lowest BCUT2D eigenvalue weighted by atomic mass is 10.1. The summed E-state index contributed by atoms with van der Waals surface area (Å²) < 4.78 is 4.97. The molecule has 0 saturated carbocycles. The number of amides is 3. The van der Waals surface area contributed by atoms with Crippen molar-refractivity contribution in [2.24, 2.45) is 0 Å². The van der Waals surface area contributed by atoms with Gasteiger partial charge in [-0.15, -0.1) is 6.58 Å². The van der Waals surface area contributed by atoms with Crippen LogP contribution in [0.25, 0.3) is 0 Å². The van der Waals surface area contributed by atoms with Crippen molar-refractivity contribution in [3.63, 3.8) is 0 Å². The number of hydrogen-bond donors (Lipinski definition) is 0. The number of halogens is 1. The molecule has 31 heavy (non-hydrogen) atoms. The second-order valence-corrected chi connectivity index (χ2v) is 7.45. The molecule has 0 aliphatic carbocycles. The lowest BCUT2D eigenvalue weighted by Crippen LogP contribution is -2.46. The predicted octanol–water partition coefficient (Wildman–Crippen LogP) is 3.15. The van der Waals surface area contributed by atoms with Gasteiger partial charge in [0.25, 0.3) is 5.91 Å². The zero-order valence-corrected chi connectivity index (χ0v) is 17.7. The molecule has 0 bridgehead atoms. The Balaban J connectivity index is 1.78. The highest BCUT2D eigenvalue weighted by molar-refractivity contribution is 6.30. The van der Waals surface area contributed by atoms with Gasteiger partial charge < -0.3 is 9.64 Å². The number of nitrogens with zero attached hydrogens (tertiary/aromatic N) is 2. The maximum Gasteiger partial charge on any atom is 0.308 e. The fourth-order valence-electron chi connectivity index (χ4n) is 3.38. The molecular formula is C23H21ClN2O5. The molecule has 3 rings (SSSR count). The number of benzene rings is 2. The summed E-state index contributed by atoms with van der Waals surface area (Å²) in [5.74, 6) is -1.36. The summed E-state index contributed by atoms with van der Waals surface area (Å²) >= 11 is 5.89. The summed E-state index contributed by atoms with van der Waals surface area (Å²) in [4.78, 5) is 52.1. The second kappa shape index (κ2) is 9.57. The monoisotopic (exact) mass is 440 g/mol. The van der Waals surface area contributed by atoms with E-state index in [0.717, 1.165) is 10.5 Å². The van der Waals surface area contributed by atoms with E-state index in [2.05, 4.69) is 6.58 Å². The van der Waals surface area contributed by atoms with Gasteiger partial charge in [0, 0.05) is 18.5 Å². The molecule has 0 spiro atoms. The van der Waals surface area contributed by atoms with Crippen molar-refractivity contribution >= 4 is 41.0 Å². The fraction of sp³-hybridized carbons (Fsp3) is 0.217. The van der Waals surface area contributed by atoms with Gasteiger partial charge in [0.15, 0.2) is 0 Å². The maximum absolute atomic E-state index is 13.1. The average molecular weight is 441 g/mol. The molecule has 7 nitrogen and oxygen atoms in total. The number of carbonyl (C=O) groups is 4. The average Bonchev–Trinajstić information content (AvgIpc) is 3.02. The second-order valence-electron chi connectivity index (χ2n) is 7.01. The van der Waals surface area contributed by atoms with E-state index >= 15 is 0 Å². The van der Waals surface area contributed by atoms with Crippen molar-refractivity contribution in [3.8, 4) is 5.75 Å². The van der Waals surface area contributed by atoms with Crippen LogP contribution in [0.2, 0.25) is 5.02 Å². The van der Waals surface area contributed by atoms with E-state index in [4.69, 9.17) is 16.3 Å². The van der Waals surface area contributed by atoms with E-state index in [9.17, 15) is 19.2 Å². The normalized spacial score (nSPS) is 15.7. The van der Waals surface area contributed by atoms with E-state index in [1.54, 1.807) is 24.3 Å². The van der Waals surface area contributed by atoms with Crippen LogP contribution in [0, 0.1) is 0 Å². The molecule has 1 atom stereocenters. The van der Waals surface area contributed by atoms with Crippen LogP contribution in [0.4, 0.5) is 5.69 Å². The number of anilines is 1. The Morgan fingerprint density at radius 2 is 1.81 bits per heavy atom. The summed E-state index contributed by atoms with van der Waals surface area (Å²) in [5.41, 5.74) is 1.09. The third-order valence-electron chi connectivity index (χ3n) is 4.77. The molecule has 2 aromatic carbocycles. The molecule has 1 fully saturated rings. The Morgan fingerprint density at radius 3 is 2.39 bits per heavy atom. The summed E-state index contributed by atoms with van der Waals surface area (Å²) in [6, 6.07) is 12.0. The van der Waals surface area contributed by atoms with Crippen LogP contribution in [0.15, 0.2) is 61.2 Å². The molecule has 0 N–H and O–H groups in total. The lowest BCUT2D eigenvalue weighted by molar-refractivity contribution is -0.137. The SMILES string of the molecule is C=CCN(C(=O)Cc1ccc(Cl)cc1)C1CC(=O)N(c2ccc(OC(C)=O)cc2)C1=O. The van der Waals surface area contributed by atoms with Crippen molar-refractivity contribution in [2.75, 3.05) is 11.4 Å². The number of ether oxygens (including phenoxy) is 1. The summed E-state index contributed by atoms with van der Waals surface area (Å²) in [6.45, 7) is 5.08. The van der Waals surface area contributed by atoms with E-state index in [0.29, 0.717) is 16.5 Å². The first-order valence-electron chi connectivity index (χ1n) is 9.60. The van der Waals surface area contributed by atoms with Gasteiger partial charge in [0.05, 0.1) is 18.5 Å². The molecule has 1 saturated heterocycles. The molecule has 3 amide bonds. The predicted molar refractivity (Wildman–Crippen MR) is 116 cm³/mol. The van der Waals surface area contributed by atoms with Crippen molar-refractivity contribution in [1.29, 1.82) is 0 Å². The van der Waals surface area contributed by atoms with Gasteiger partial charge in [-0.1, -0.05) is 29.8 Å². The molecule has 1 aliphatic rings. The summed E-state index contributed by atoms with van der Waals surface area (Å²) in [5, 5.41) is 0.561. The number of imide groups is 1. The minimum atomic E-state index is -0.918. The van der Waals surface area contributed by atoms with Crippen molar-refractivity contribution in [1.82, 2.24) is 4.90 Å². The Kier molecular flexibility index (Phi) is 6.87. The van der Waals surface area contributed by atoms with Gasteiger partial charge in [-0.3, -0.25) is 19.2 Å². The topological polar surface area (TPSA) is 84.0 Å². The van der Waals surface area contributed by atoms with Crippen molar-refractivity contribution in [3.05, 3.63) is 71.8 Å². The summed E-state index contributed by atoms with van der Waals surface area (Å²) in [6.07, 6.45) is 1.47. The highest BCUT2D eigenvalue weighted by Crippen LogP contribution is 2.28. The smallest absolute Gasteiger partial charge is 0.308 e. The molecule has 8 heteroatoms. The van der Waals surface area contributed by atoms with Gasteiger partial charge in [-0.25, -0.2) is 4.90 Å². The van der Waals surface area contributed by atoms with Crippen LogP contribution in [-0.4, -0.2) is 41.2 Å². The molecule has 2 aromatic rings. The first kappa shape index (κ1) is 22.2. The number of carbonyl (C=O) groups excluding carboxylic acids is 4. The molecule has 1 heterocycles. The zero-order chi connectivity index (χ0) is 22.5. The van der Waals surface area contributed by atoms with Crippen molar-refractivity contribution < 1.29 is 23.9 Å². The highest BCUT2D eigenvalue weighted by Gasteiger charge is 2.44. The molecule has 160 valence electrons. The third-order valence-corrected chi connectivity index (χ3v) is 5.02. The van der Waals surface area contributed by atoms with E-state index < -0.39 is 23.8 Å². The van der Waals surface area contributed by atoms with Crippen LogP contribution in [-0.2, 0) is 25.6 Å². The highest BCUT2D eigenvalue weighted by atomic mass is 35.5. The van der Waals surface area contributed by atoms with Crippen LogP contribution < -0.4 is 9.64 Å². The Bertz CT molecular complexity index is 1020. The number of esters is 1.